The van der Waals surface area contributed by atoms with E-state index in [9.17, 15) is 0 Å². The Morgan fingerprint density at radius 2 is 2.25 bits per heavy atom. The van der Waals surface area contributed by atoms with Gasteiger partial charge in [0.15, 0.2) is 0 Å². The lowest BCUT2D eigenvalue weighted by Crippen LogP contribution is -1.87. The van der Waals surface area contributed by atoms with Crippen LogP contribution in [0.2, 0.25) is 0 Å². The molecule has 0 bridgehead atoms. The number of anilines is 1. The molecule has 0 radical (unpaired) electrons. The summed E-state index contributed by atoms with van der Waals surface area (Å²) in [5.74, 6) is 0.276. The fraction of sp³-hybridized carbons (Fsp3) is 0. The first kappa shape index (κ1) is 7.83. The molecule has 1 rings (SSSR count). The molecule has 1 aromatic rings. The number of nitrogens with zero attached hydrogens (tertiary/aromatic N) is 3. The molecule has 3 N–H and O–H groups in total. The number of nitriles is 2. The van der Waals surface area contributed by atoms with Gasteiger partial charge in [-0.3, -0.25) is 0 Å². The number of hydrogen-bond acceptors (Lipinski definition) is 4. The first-order valence-corrected chi connectivity index (χ1v) is 3.08. The van der Waals surface area contributed by atoms with Crippen LogP contribution in [0.1, 0.15) is 5.69 Å². The lowest BCUT2D eigenvalue weighted by atomic mass is 10.2. The normalized spacial score (nSPS) is 8.17. The number of nitrogens with two attached hydrogens (primary N) is 1. The summed E-state index contributed by atoms with van der Waals surface area (Å²) in [6.45, 7) is 0. The van der Waals surface area contributed by atoms with E-state index in [2.05, 4.69) is 9.97 Å². The summed E-state index contributed by atoms with van der Waals surface area (Å²) in [5, 5.41) is 16.8. The van der Waals surface area contributed by atoms with E-state index in [1.54, 1.807) is 12.1 Å². The minimum Gasteiger partial charge on any atom is -0.382 e. The Balaban J connectivity index is 3.05. The van der Waals surface area contributed by atoms with Crippen LogP contribution < -0.4 is 5.73 Å². The summed E-state index contributed by atoms with van der Waals surface area (Å²) in [5.41, 5.74) is 5.86. The number of H-pyrrole nitrogens is 1. The number of imidazole rings is 1. The van der Waals surface area contributed by atoms with Crippen LogP contribution in [-0.4, -0.2) is 9.97 Å². The van der Waals surface area contributed by atoms with E-state index in [1.165, 1.54) is 12.4 Å². The molecule has 0 aliphatic rings. The number of nitrogens with one attached hydrogen (secondary N) is 1. The highest BCUT2D eigenvalue weighted by Crippen LogP contribution is 2.08. The van der Waals surface area contributed by atoms with E-state index in [4.69, 9.17) is 16.3 Å². The average Bonchev–Trinajstić information content (AvgIpc) is 2.47. The van der Waals surface area contributed by atoms with Crippen molar-refractivity contribution in [1.29, 1.82) is 10.5 Å². The van der Waals surface area contributed by atoms with Gasteiger partial charge in [0.1, 0.15) is 23.5 Å². The molecule has 0 amide bonds. The molecule has 1 aromatic heterocycles. The van der Waals surface area contributed by atoms with E-state index in [0.29, 0.717) is 5.69 Å². The van der Waals surface area contributed by atoms with Gasteiger partial charge in [0, 0.05) is 0 Å². The average molecular weight is 159 g/mol. The molecule has 0 aliphatic heterocycles. The van der Waals surface area contributed by atoms with Crippen molar-refractivity contribution < 1.29 is 0 Å². The van der Waals surface area contributed by atoms with Crippen molar-refractivity contribution in [2.24, 2.45) is 0 Å². The van der Waals surface area contributed by atoms with Gasteiger partial charge in [-0.1, -0.05) is 0 Å². The van der Waals surface area contributed by atoms with E-state index in [-0.39, 0.29) is 11.4 Å². The van der Waals surface area contributed by atoms with Gasteiger partial charge in [0.25, 0.3) is 0 Å². The van der Waals surface area contributed by atoms with Crippen LogP contribution in [-0.2, 0) is 0 Å². The van der Waals surface area contributed by atoms with Gasteiger partial charge in [-0.25, -0.2) is 4.98 Å². The molecule has 5 heteroatoms. The maximum absolute atomic E-state index is 8.40. The van der Waals surface area contributed by atoms with Crippen LogP contribution in [0.3, 0.4) is 0 Å². The molecule has 5 nitrogen and oxygen atoms in total. The zero-order valence-electron chi connectivity index (χ0n) is 6.07. The Morgan fingerprint density at radius 1 is 1.58 bits per heavy atom. The van der Waals surface area contributed by atoms with E-state index in [0.717, 1.165) is 0 Å². The lowest BCUT2D eigenvalue weighted by molar-refractivity contribution is 1.31. The van der Waals surface area contributed by atoms with Crippen molar-refractivity contribution in [3.05, 3.63) is 17.6 Å². The Labute approximate surface area is 68.8 Å². The zero-order chi connectivity index (χ0) is 8.97. The van der Waals surface area contributed by atoms with Crippen molar-refractivity contribution in [1.82, 2.24) is 9.97 Å². The number of hydrogen-bond donors (Lipinski definition) is 2. The van der Waals surface area contributed by atoms with Crippen molar-refractivity contribution >= 4 is 11.9 Å². The van der Waals surface area contributed by atoms with Crippen LogP contribution >= 0.6 is 0 Å². The highest BCUT2D eigenvalue weighted by molar-refractivity contribution is 5.65. The largest absolute Gasteiger partial charge is 0.382 e. The third-order valence-corrected chi connectivity index (χ3v) is 1.23. The maximum atomic E-state index is 8.40. The molecule has 58 valence electrons. The zero-order valence-corrected chi connectivity index (χ0v) is 6.07. The maximum Gasteiger partial charge on any atom is 0.149 e. The predicted molar refractivity (Wildman–Crippen MR) is 42.2 cm³/mol. The molecule has 0 unspecified atom stereocenters. The summed E-state index contributed by atoms with van der Waals surface area (Å²) in [6, 6.07) is 3.43. The first-order chi connectivity index (χ1) is 5.77. The molecule has 0 aliphatic carbocycles. The van der Waals surface area contributed by atoms with Crippen molar-refractivity contribution in [3.63, 3.8) is 0 Å². The molecule has 12 heavy (non-hydrogen) atoms. The van der Waals surface area contributed by atoms with E-state index < -0.39 is 0 Å². The quantitative estimate of drug-likeness (QED) is 0.579. The van der Waals surface area contributed by atoms with Crippen molar-refractivity contribution in [2.75, 3.05) is 5.73 Å². The first-order valence-electron chi connectivity index (χ1n) is 3.08. The molecule has 0 saturated heterocycles. The van der Waals surface area contributed by atoms with Crippen LogP contribution in [0.25, 0.3) is 6.08 Å². The number of aromatic nitrogens is 2. The van der Waals surface area contributed by atoms with Crippen LogP contribution in [0.5, 0.6) is 0 Å². The third-order valence-electron chi connectivity index (χ3n) is 1.23. The molecule has 0 aromatic carbocycles. The molecule has 0 fully saturated rings. The highest BCUT2D eigenvalue weighted by Gasteiger charge is 1.99. The summed E-state index contributed by atoms with van der Waals surface area (Å²) in [4.78, 5) is 6.39. The smallest absolute Gasteiger partial charge is 0.149 e. The summed E-state index contributed by atoms with van der Waals surface area (Å²) in [7, 11) is 0. The lowest BCUT2D eigenvalue weighted by Gasteiger charge is -1.86. The standard InChI is InChI=1S/C7H5N5/c8-2-5(3-9)1-6-7(10)12-4-11-6/h1,4H,10H2,(H,11,12). The van der Waals surface area contributed by atoms with E-state index >= 15 is 0 Å². The topological polar surface area (TPSA) is 102 Å². The van der Waals surface area contributed by atoms with Gasteiger partial charge in [-0.15, -0.1) is 0 Å². The Bertz CT molecular complexity index is 371. The van der Waals surface area contributed by atoms with Crippen LogP contribution in [0, 0.1) is 22.7 Å². The molecular weight excluding hydrogens is 154 g/mol. The monoisotopic (exact) mass is 159 g/mol. The number of aromatic amines is 1. The third kappa shape index (κ3) is 1.41. The van der Waals surface area contributed by atoms with Crippen molar-refractivity contribution in [3.8, 4) is 12.1 Å². The number of allylic oxidation sites excluding steroid dienone is 1. The fourth-order valence-electron chi connectivity index (χ4n) is 0.664. The van der Waals surface area contributed by atoms with Gasteiger partial charge >= 0.3 is 0 Å². The molecular formula is C7H5N5. The second kappa shape index (κ2) is 3.22. The Morgan fingerprint density at radius 3 is 2.67 bits per heavy atom. The second-order valence-corrected chi connectivity index (χ2v) is 1.98. The van der Waals surface area contributed by atoms with Crippen LogP contribution in [0.4, 0.5) is 5.82 Å². The van der Waals surface area contributed by atoms with Gasteiger partial charge in [0.05, 0.1) is 12.0 Å². The summed E-state index contributed by atoms with van der Waals surface area (Å²) < 4.78 is 0. The van der Waals surface area contributed by atoms with Crippen molar-refractivity contribution in [2.45, 2.75) is 0 Å². The van der Waals surface area contributed by atoms with Crippen LogP contribution in [0.15, 0.2) is 11.9 Å². The second-order valence-electron chi connectivity index (χ2n) is 1.98. The van der Waals surface area contributed by atoms with Gasteiger partial charge in [-0.05, 0) is 6.08 Å². The molecule has 0 spiro atoms. The summed E-state index contributed by atoms with van der Waals surface area (Å²) in [6.07, 6.45) is 2.75. The number of nitrogen functional groups attached to an aromatic ring is 1. The Kier molecular flexibility index (Phi) is 2.10. The SMILES string of the molecule is N#CC(C#N)=Cc1[nH]cnc1N. The van der Waals surface area contributed by atoms with Gasteiger partial charge in [-0.2, -0.15) is 10.5 Å². The van der Waals surface area contributed by atoms with Gasteiger partial charge < -0.3 is 10.7 Å². The fourth-order valence-corrected chi connectivity index (χ4v) is 0.664. The summed E-state index contributed by atoms with van der Waals surface area (Å²) >= 11 is 0. The minimum atomic E-state index is -0.00838. The number of rotatable bonds is 1. The predicted octanol–water partition coefficient (Wildman–Crippen LogP) is 0.422. The van der Waals surface area contributed by atoms with E-state index in [1.807, 2.05) is 0 Å². The molecule has 0 atom stereocenters. The highest BCUT2D eigenvalue weighted by atomic mass is 15.0. The minimum absolute atomic E-state index is 0.00838. The molecule has 1 heterocycles. The van der Waals surface area contributed by atoms with Gasteiger partial charge in [0.2, 0.25) is 0 Å². The molecule has 0 saturated carbocycles. The Hall–Kier alpha value is -2.27.